The number of fused-ring (bicyclic) bond motifs is 1. The maximum Gasteiger partial charge on any atom is 0.240 e. The molecular formula is C42H44N2O7S. The molecule has 4 atom stereocenters. The molecule has 2 N–H and O–H groups in total. The number of aliphatic hydroxyl groups excluding tert-OH is 1. The molecule has 0 amide bonds. The molecule has 1 fully saturated rings. The number of rotatable bonds is 12. The smallest absolute Gasteiger partial charge is 0.240 e. The zero-order chi connectivity index (χ0) is 36.1. The van der Waals surface area contributed by atoms with E-state index in [2.05, 4.69) is 33.9 Å². The Morgan fingerprint density at radius 1 is 0.750 bits per heavy atom. The van der Waals surface area contributed by atoms with Crippen molar-refractivity contribution in [2.45, 2.75) is 55.4 Å². The van der Waals surface area contributed by atoms with Crippen molar-refractivity contribution in [3.63, 3.8) is 0 Å². The highest BCUT2D eigenvalue weighted by Gasteiger charge is 2.43. The lowest BCUT2D eigenvalue weighted by molar-refractivity contribution is -0.263. The van der Waals surface area contributed by atoms with Crippen molar-refractivity contribution in [2.75, 3.05) is 27.3 Å². The SMILES string of the molecule is COc1cc2c(cc1OC)CN(CC1OC(c3ccc(CNS(=O)(=O)c4ccccc4)cc3)OC(c3ccc(CO)cc3)C1c1ccccc1)CC2. The van der Waals surface area contributed by atoms with Crippen LogP contribution < -0.4 is 14.2 Å². The van der Waals surface area contributed by atoms with Gasteiger partial charge in [0.1, 0.15) is 0 Å². The first kappa shape index (κ1) is 35.8. The summed E-state index contributed by atoms with van der Waals surface area (Å²) in [5.41, 5.74) is 7.06. The van der Waals surface area contributed by atoms with E-state index < -0.39 is 16.3 Å². The number of methoxy groups -OCH3 is 2. The van der Waals surface area contributed by atoms with Gasteiger partial charge in [0.2, 0.25) is 10.0 Å². The Kier molecular flexibility index (Phi) is 11.0. The van der Waals surface area contributed by atoms with Gasteiger partial charge >= 0.3 is 0 Å². The number of hydrogen-bond acceptors (Lipinski definition) is 8. The van der Waals surface area contributed by atoms with Gasteiger partial charge in [-0.1, -0.05) is 97.1 Å². The minimum Gasteiger partial charge on any atom is -0.493 e. The summed E-state index contributed by atoms with van der Waals surface area (Å²) >= 11 is 0. The van der Waals surface area contributed by atoms with E-state index in [1.54, 1.807) is 44.6 Å². The molecule has 0 radical (unpaired) electrons. The maximum atomic E-state index is 12.8. The fourth-order valence-electron chi connectivity index (χ4n) is 7.17. The van der Waals surface area contributed by atoms with E-state index >= 15 is 0 Å². The van der Waals surface area contributed by atoms with Crippen molar-refractivity contribution in [3.8, 4) is 11.5 Å². The molecule has 0 aromatic heterocycles. The van der Waals surface area contributed by atoms with Crippen LogP contribution in [0.2, 0.25) is 0 Å². The van der Waals surface area contributed by atoms with Crippen LogP contribution in [0.5, 0.6) is 11.5 Å². The molecule has 2 heterocycles. The van der Waals surface area contributed by atoms with Crippen LogP contribution in [0.3, 0.4) is 0 Å². The van der Waals surface area contributed by atoms with Crippen LogP contribution in [-0.4, -0.2) is 51.8 Å². The summed E-state index contributed by atoms with van der Waals surface area (Å²) in [6, 6.07) is 38.5. The standard InChI is InChI=1S/C42H44N2O7S/c1-48-37-23-34-21-22-44(26-35(34)24-38(37)49-2)27-39-40(31-9-5-3-6-10-31)41(32-17-15-30(28-45)16-18-32)51-42(50-39)33-19-13-29(14-20-33)25-43-52(46,47)36-11-7-4-8-12-36/h3-20,23-24,39-43,45H,21-22,25-28H2,1-2H3. The summed E-state index contributed by atoms with van der Waals surface area (Å²) in [6.07, 6.45) is -0.399. The van der Waals surface area contributed by atoms with Crippen molar-refractivity contribution in [1.82, 2.24) is 9.62 Å². The fraction of sp³-hybridized carbons (Fsp3) is 0.286. The van der Waals surface area contributed by atoms with Gasteiger partial charge in [-0.25, -0.2) is 13.1 Å². The quantitative estimate of drug-likeness (QED) is 0.147. The van der Waals surface area contributed by atoms with E-state index in [1.165, 1.54) is 11.1 Å². The lowest BCUT2D eigenvalue weighted by Gasteiger charge is -2.45. The highest BCUT2D eigenvalue weighted by molar-refractivity contribution is 7.89. The Hall–Kier alpha value is -4.55. The van der Waals surface area contributed by atoms with Crippen LogP contribution in [-0.2, 0) is 45.6 Å². The summed E-state index contributed by atoms with van der Waals surface area (Å²) in [5.74, 6) is 1.33. The van der Waals surface area contributed by atoms with Crippen molar-refractivity contribution < 1.29 is 32.5 Å². The number of aliphatic hydroxyl groups is 1. The van der Waals surface area contributed by atoms with Crippen molar-refractivity contribution in [3.05, 3.63) is 160 Å². The fourth-order valence-corrected chi connectivity index (χ4v) is 8.21. The molecule has 2 aliphatic heterocycles. The highest BCUT2D eigenvalue weighted by atomic mass is 32.2. The van der Waals surface area contributed by atoms with Crippen LogP contribution in [0, 0.1) is 0 Å². The Morgan fingerprint density at radius 2 is 1.37 bits per heavy atom. The topological polar surface area (TPSA) is 107 Å². The molecule has 52 heavy (non-hydrogen) atoms. The van der Waals surface area contributed by atoms with Gasteiger partial charge in [-0.15, -0.1) is 0 Å². The lowest BCUT2D eigenvalue weighted by Crippen LogP contribution is -2.45. The van der Waals surface area contributed by atoms with Crippen LogP contribution in [0.15, 0.2) is 126 Å². The van der Waals surface area contributed by atoms with Gasteiger partial charge < -0.3 is 24.1 Å². The normalized spacial score (nSPS) is 20.6. The molecule has 0 aliphatic carbocycles. The van der Waals surface area contributed by atoms with E-state index in [0.29, 0.717) is 6.54 Å². The first-order chi connectivity index (χ1) is 25.3. The Labute approximate surface area is 305 Å². The summed E-state index contributed by atoms with van der Waals surface area (Å²) in [5, 5.41) is 9.77. The third kappa shape index (κ3) is 7.92. The van der Waals surface area contributed by atoms with Crippen molar-refractivity contribution >= 4 is 10.0 Å². The first-order valence-corrected chi connectivity index (χ1v) is 19.0. The molecule has 0 saturated carbocycles. The number of nitrogens with zero attached hydrogens (tertiary/aromatic N) is 1. The molecule has 0 spiro atoms. The van der Waals surface area contributed by atoms with Gasteiger partial charge in [0.25, 0.3) is 0 Å². The second-order valence-electron chi connectivity index (χ2n) is 13.2. The van der Waals surface area contributed by atoms with Crippen LogP contribution >= 0.6 is 0 Å². The second kappa shape index (κ2) is 16.0. The molecule has 7 rings (SSSR count). The highest BCUT2D eigenvalue weighted by Crippen LogP contribution is 2.47. The third-order valence-corrected chi connectivity index (χ3v) is 11.4. The summed E-state index contributed by atoms with van der Waals surface area (Å²) in [4.78, 5) is 2.66. The molecule has 9 nitrogen and oxygen atoms in total. The Balaban J connectivity index is 1.18. The molecule has 1 saturated heterocycles. The van der Waals surface area contributed by atoms with E-state index in [1.807, 2.05) is 66.7 Å². The van der Waals surface area contributed by atoms with Crippen molar-refractivity contribution in [1.29, 1.82) is 0 Å². The molecule has 270 valence electrons. The number of nitrogens with one attached hydrogen (secondary N) is 1. The third-order valence-electron chi connectivity index (χ3n) is 9.98. The summed E-state index contributed by atoms with van der Waals surface area (Å²) in [7, 11) is -0.321. The predicted molar refractivity (Wildman–Crippen MR) is 198 cm³/mol. The average molecular weight is 721 g/mol. The number of sulfonamides is 1. The van der Waals surface area contributed by atoms with Crippen LogP contribution in [0.1, 0.15) is 57.3 Å². The molecule has 2 aliphatic rings. The van der Waals surface area contributed by atoms with E-state index in [-0.39, 0.29) is 36.2 Å². The molecule has 5 aromatic rings. The lowest BCUT2D eigenvalue weighted by atomic mass is 9.82. The van der Waals surface area contributed by atoms with E-state index in [0.717, 1.165) is 58.8 Å². The van der Waals surface area contributed by atoms with Crippen LogP contribution in [0.25, 0.3) is 0 Å². The number of ether oxygens (including phenoxy) is 4. The summed E-state index contributed by atoms with van der Waals surface area (Å²) in [6.45, 7) is 2.38. The van der Waals surface area contributed by atoms with Gasteiger partial charge in [0.15, 0.2) is 17.8 Å². The van der Waals surface area contributed by atoms with Gasteiger partial charge in [0.05, 0.1) is 37.9 Å². The minimum absolute atomic E-state index is 0.0385. The maximum absolute atomic E-state index is 12.8. The number of benzene rings is 5. The van der Waals surface area contributed by atoms with Gasteiger partial charge in [0, 0.05) is 37.7 Å². The molecule has 4 unspecified atom stereocenters. The zero-order valence-electron chi connectivity index (χ0n) is 29.4. The average Bonchev–Trinajstić information content (AvgIpc) is 3.20. The molecule has 5 aromatic carbocycles. The van der Waals surface area contributed by atoms with Crippen LogP contribution in [0.4, 0.5) is 0 Å². The van der Waals surface area contributed by atoms with Gasteiger partial charge in [-0.2, -0.15) is 0 Å². The van der Waals surface area contributed by atoms with E-state index in [4.69, 9.17) is 18.9 Å². The molecule has 0 bridgehead atoms. The Morgan fingerprint density at radius 3 is 2.02 bits per heavy atom. The summed E-state index contributed by atoms with van der Waals surface area (Å²) < 4.78 is 53.4. The first-order valence-electron chi connectivity index (χ1n) is 17.5. The largest absolute Gasteiger partial charge is 0.493 e. The minimum atomic E-state index is -3.65. The molecular weight excluding hydrogens is 677 g/mol. The van der Waals surface area contributed by atoms with Gasteiger partial charge in [-0.05, 0) is 64.1 Å². The predicted octanol–water partition coefficient (Wildman–Crippen LogP) is 6.67. The zero-order valence-corrected chi connectivity index (χ0v) is 30.2. The monoisotopic (exact) mass is 720 g/mol. The van der Waals surface area contributed by atoms with Gasteiger partial charge in [-0.3, -0.25) is 4.90 Å². The van der Waals surface area contributed by atoms with Crippen molar-refractivity contribution in [2.24, 2.45) is 0 Å². The second-order valence-corrected chi connectivity index (χ2v) is 15.0. The van der Waals surface area contributed by atoms with E-state index in [9.17, 15) is 13.5 Å². The number of hydrogen-bond donors (Lipinski definition) is 2. The Bertz CT molecular complexity index is 2040. The molecule has 10 heteroatoms.